The van der Waals surface area contributed by atoms with Crippen molar-refractivity contribution in [3.63, 3.8) is 0 Å². The summed E-state index contributed by atoms with van der Waals surface area (Å²) in [5, 5.41) is 0. The molecule has 0 saturated carbocycles. The quantitative estimate of drug-likeness (QED) is 0.863. The van der Waals surface area contributed by atoms with Crippen LogP contribution in [0.15, 0.2) is 16.6 Å². The van der Waals surface area contributed by atoms with E-state index in [2.05, 4.69) is 15.9 Å². The number of methoxy groups -OCH3 is 1. The zero-order valence-electron chi connectivity index (χ0n) is 7.43. The zero-order chi connectivity index (χ0) is 10.0. The highest BCUT2D eigenvalue weighted by atomic mass is 79.9. The van der Waals surface area contributed by atoms with Crippen molar-refractivity contribution in [3.05, 3.63) is 27.7 Å². The second-order valence-corrected chi connectivity index (χ2v) is 3.47. The van der Waals surface area contributed by atoms with Gasteiger partial charge in [-0.15, -0.1) is 0 Å². The van der Waals surface area contributed by atoms with Crippen LogP contribution in [0.3, 0.4) is 0 Å². The summed E-state index contributed by atoms with van der Waals surface area (Å²) in [5.41, 5.74) is 6.45. The summed E-state index contributed by atoms with van der Waals surface area (Å²) in [7, 11) is 1.51. The number of rotatable bonds is 2. The summed E-state index contributed by atoms with van der Waals surface area (Å²) >= 11 is 3.31. The largest absolute Gasteiger partial charge is 0.496 e. The van der Waals surface area contributed by atoms with E-state index in [9.17, 15) is 4.79 Å². The van der Waals surface area contributed by atoms with Crippen molar-refractivity contribution in [1.29, 1.82) is 0 Å². The fraction of sp³-hybridized carbons (Fsp3) is 0.222. The van der Waals surface area contributed by atoms with E-state index in [1.54, 1.807) is 6.07 Å². The van der Waals surface area contributed by atoms with Crippen LogP contribution in [-0.4, -0.2) is 13.0 Å². The monoisotopic (exact) mass is 243 g/mol. The van der Waals surface area contributed by atoms with Crippen molar-refractivity contribution in [3.8, 4) is 5.75 Å². The number of primary amides is 1. The Balaban J connectivity index is 3.41. The van der Waals surface area contributed by atoms with Gasteiger partial charge in [0, 0.05) is 4.47 Å². The van der Waals surface area contributed by atoms with Gasteiger partial charge in [0.1, 0.15) is 5.75 Å². The second-order valence-electron chi connectivity index (χ2n) is 2.61. The molecule has 1 rings (SSSR count). The van der Waals surface area contributed by atoms with Crippen molar-refractivity contribution < 1.29 is 9.53 Å². The van der Waals surface area contributed by atoms with Crippen LogP contribution in [0.2, 0.25) is 0 Å². The Morgan fingerprint density at radius 3 is 2.62 bits per heavy atom. The maximum Gasteiger partial charge on any atom is 0.252 e. The topological polar surface area (TPSA) is 52.3 Å². The Hall–Kier alpha value is -1.03. The van der Waals surface area contributed by atoms with E-state index in [1.807, 2.05) is 13.0 Å². The van der Waals surface area contributed by atoms with Crippen LogP contribution in [0, 0.1) is 6.92 Å². The minimum atomic E-state index is -0.476. The molecule has 0 aliphatic heterocycles. The summed E-state index contributed by atoms with van der Waals surface area (Å²) in [6.07, 6.45) is 0. The fourth-order valence-electron chi connectivity index (χ4n) is 1.14. The van der Waals surface area contributed by atoms with E-state index in [1.165, 1.54) is 7.11 Å². The Bertz CT molecular complexity index is 350. The summed E-state index contributed by atoms with van der Waals surface area (Å²) in [5.74, 6) is 0.0313. The lowest BCUT2D eigenvalue weighted by molar-refractivity contribution is 0.0996. The Morgan fingerprint density at radius 2 is 2.15 bits per heavy atom. The first kappa shape index (κ1) is 10.1. The van der Waals surface area contributed by atoms with Crippen LogP contribution in [0.5, 0.6) is 5.75 Å². The van der Waals surface area contributed by atoms with Gasteiger partial charge in [0.15, 0.2) is 0 Å². The number of hydrogen-bond acceptors (Lipinski definition) is 2. The van der Waals surface area contributed by atoms with Gasteiger partial charge in [0.2, 0.25) is 0 Å². The van der Waals surface area contributed by atoms with E-state index in [0.29, 0.717) is 11.3 Å². The molecule has 13 heavy (non-hydrogen) atoms. The highest BCUT2D eigenvalue weighted by Gasteiger charge is 2.13. The van der Waals surface area contributed by atoms with E-state index in [0.717, 1.165) is 10.0 Å². The highest BCUT2D eigenvalue weighted by molar-refractivity contribution is 9.10. The molecule has 0 atom stereocenters. The number of halogens is 1. The number of ether oxygens (including phenoxy) is 1. The summed E-state index contributed by atoms with van der Waals surface area (Å²) in [6, 6.07) is 3.53. The molecule has 0 saturated heterocycles. The number of carbonyl (C=O) groups is 1. The maximum absolute atomic E-state index is 11.1. The molecular weight excluding hydrogens is 234 g/mol. The van der Waals surface area contributed by atoms with Crippen molar-refractivity contribution in [2.75, 3.05) is 7.11 Å². The predicted molar refractivity (Wildman–Crippen MR) is 53.9 cm³/mol. The first-order chi connectivity index (χ1) is 6.07. The summed E-state index contributed by atoms with van der Waals surface area (Å²) in [6.45, 7) is 1.81. The lowest BCUT2D eigenvalue weighted by atomic mass is 10.1. The normalized spacial score (nSPS) is 9.77. The molecule has 0 fully saturated rings. The van der Waals surface area contributed by atoms with Crippen molar-refractivity contribution >= 4 is 21.8 Å². The van der Waals surface area contributed by atoms with Gasteiger partial charge < -0.3 is 10.5 Å². The third-order valence-electron chi connectivity index (χ3n) is 1.83. The van der Waals surface area contributed by atoms with E-state index < -0.39 is 5.91 Å². The zero-order valence-corrected chi connectivity index (χ0v) is 9.01. The van der Waals surface area contributed by atoms with Crippen LogP contribution in [0.4, 0.5) is 0 Å². The molecule has 1 amide bonds. The predicted octanol–water partition coefficient (Wildman–Crippen LogP) is 1.87. The molecule has 4 heteroatoms. The lowest BCUT2D eigenvalue weighted by Crippen LogP contribution is -2.14. The smallest absolute Gasteiger partial charge is 0.252 e. The maximum atomic E-state index is 11.1. The summed E-state index contributed by atoms with van der Waals surface area (Å²) < 4.78 is 5.87. The Morgan fingerprint density at radius 1 is 1.54 bits per heavy atom. The van der Waals surface area contributed by atoms with Gasteiger partial charge in [-0.05, 0) is 24.6 Å². The van der Waals surface area contributed by atoms with Crippen LogP contribution in [0.25, 0.3) is 0 Å². The third-order valence-corrected chi connectivity index (χ3v) is 2.69. The average molecular weight is 244 g/mol. The van der Waals surface area contributed by atoms with Gasteiger partial charge in [-0.1, -0.05) is 15.9 Å². The molecule has 1 aromatic carbocycles. The first-order valence-electron chi connectivity index (χ1n) is 3.70. The minimum Gasteiger partial charge on any atom is -0.496 e. The Kier molecular flexibility index (Phi) is 2.93. The second kappa shape index (κ2) is 3.79. The van der Waals surface area contributed by atoms with Crippen LogP contribution in [0.1, 0.15) is 15.9 Å². The number of carbonyl (C=O) groups excluding carboxylic acids is 1. The third kappa shape index (κ3) is 1.83. The number of amides is 1. The molecule has 0 heterocycles. The molecular formula is C9H10BrNO2. The van der Waals surface area contributed by atoms with Crippen molar-refractivity contribution in [2.24, 2.45) is 5.73 Å². The van der Waals surface area contributed by atoms with Gasteiger partial charge in [-0.25, -0.2) is 0 Å². The van der Waals surface area contributed by atoms with Crippen LogP contribution in [-0.2, 0) is 0 Å². The van der Waals surface area contributed by atoms with Crippen LogP contribution >= 0.6 is 15.9 Å². The molecule has 0 unspecified atom stereocenters. The number of hydrogen-bond donors (Lipinski definition) is 1. The number of nitrogens with two attached hydrogens (primary N) is 1. The molecule has 2 N–H and O–H groups in total. The van der Waals surface area contributed by atoms with Gasteiger partial charge >= 0.3 is 0 Å². The van der Waals surface area contributed by atoms with Crippen molar-refractivity contribution in [1.82, 2.24) is 0 Å². The van der Waals surface area contributed by atoms with E-state index in [4.69, 9.17) is 10.5 Å². The van der Waals surface area contributed by atoms with Gasteiger partial charge in [0.25, 0.3) is 5.91 Å². The standard InChI is InChI=1S/C9H10BrNO2/c1-5-6(10)3-4-7(13-2)8(5)9(11)12/h3-4H,1-2H3,(H2,11,12). The van der Waals surface area contributed by atoms with Gasteiger partial charge in [-0.3, -0.25) is 4.79 Å². The highest BCUT2D eigenvalue weighted by Crippen LogP contribution is 2.27. The molecule has 70 valence electrons. The first-order valence-corrected chi connectivity index (χ1v) is 4.50. The van der Waals surface area contributed by atoms with E-state index >= 15 is 0 Å². The number of benzene rings is 1. The average Bonchev–Trinajstić information content (AvgIpc) is 2.08. The SMILES string of the molecule is COc1ccc(Br)c(C)c1C(N)=O. The summed E-state index contributed by atoms with van der Waals surface area (Å²) in [4.78, 5) is 11.1. The molecule has 0 aromatic heterocycles. The molecule has 0 bridgehead atoms. The molecule has 3 nitrogen and oxygen atoms in total. The molecule has 0 aliphatic carbocycles. The fourth-order valence-corrected chi connectivity index (χ4v) is 1.47. The molecule has 0 spiro atoms. The minimum absolute atomic E-state index is 0.428. The van der Waals surface area contributed by atoms with Crippen LogP contribution < -0.4 is 10.5 Å². The van der Waals surface area contributed by atoms with E-state index in [-0.39, 0.29) is 0 Å². The van der Waals surface area contributed by atoms with Gasteiger partial charge in [0.05, 0.1) is 12.7 Å². The van der Waals surface area contributed by atoms with Gasteiger partial charge in [-0.2, -0.15) is 0 Å². The lowest BCUT2D eigenvalue weighted by Gasteiger charge is -2.09. The molecule has 0 aliphatic rings. The Labute approximate surface area is 85.0 Å². The van der Waals surface area contributed by atoms with Crippen molar-refractivity contribution in [2.45, 2.75) is 6.92 Å². The molecule has 0 radical (unpaired) electrons. The molecule has 1 aromatic rings.